The molecule has 0 amide bonds. The average Bonchev–Trinajstić information content (AvgIpc) is 2.30. The fourth-order valence-corrected chi connectivity index (χ4v) is 1.76. The first kappa shape index (κ1) is 13.0. The molecular formula is C12H16ClN3. The molecular weight excluding hydrogens is 222 g/mol. The van der Waals surface area contributed by atoms with Gasteiger partial charge in [-0.3, -0.25) is 4.90 Å². The van der Waals surface area contributed by atoms with Crippen LogP contribution in [-0.4, -0.2) is 25.0 Å². The molecule has 0 saturated heterocycles. The zero-order chi connectivity index (χ0) is 12.0. The minimum Gasteiger partial charge on any atom is -0.329 e. The number of likely N-dealkylation sites (N-methyl/N-ethyl adjacent to an activating group) is 1. The van der Waals surface area contributed by atoms with E-state index >= 15 is 0 Å². The number of benzene rings is 1. The summed E-state index contributed by atoms with van der Waals surface area (Å²) < 4.78 is 0. The van der Waals surface area contributed by atoms with Gasteiger partial charge in [0, 0.05) is 30.6 Å². The Bertz CT molecular complexity index is 356. The van der Waals surface area contributed by atoms with Crippen molar-refractivity contribution in [1.82, 2.24) is 4.90 Å². The van der Waals surface area contributed by atoms with E-state index in [4.69, 9.17) is 22.6 Å². The van der Waals surface area contributed by atoms with Gasteiger partial charge >= 0.3 is 0 Å². The molecule has 4 heteroatoms. The number of hydrogen-bond donors (Lipinski definition) is 1. The molecule has 0 aliphatic rings. The van der Waals surface area contributed by atoms with Gasteiger partial charge in [0.1, 0.15) is 0 Å². The molecule has 0 fully saturated rings. The SMILES string of the molecule is CN(CCC#N)C(CN)c1ccc(Cl)cc1. The van der Waals surface area contributed by atoms with Crippen LogP contribution in [-0.2, 0) is 0 Å². The lowest BCUT2D eigenvalue weighted by atomic mass is 10.1. The topological polar surface area (TPSA) is 53.0 Å². The molecule has 1 atom stereocenters. The summed E-state index contributed by atoms with van der Waals surface area (Å²) in [6, 6.07) is 9.95. The Morgan fingerprint density at radius 1 is 1.44 bits per heavy atom. The first-order chi connectivity index (χ1) is 7.69. The maximum atomic E-state index is 8.55. The molecule has 1 unspecified atom stereocenters. The van der Waals surface area contributed by atoms with E-state index in [0.717, 1.165) is 17.1 Å². The molecule has 16 heavy (non-hydrogen) atoms. The van der Waals surface area contributed by atoms with Gasteiger partial charge in [0.2, 0.25) is 0 Å². The summed E-state index contributed by atoms with van der Waals surface area (Å²) in [5.74, 6) is 0. The van der Waals surface area contributed by atoms with Crippen molar-refractivity contribution in [2.24, 2.45) is 5.73 Å². The Labute approximate surface area is 101 Å². The zero-order valence-electron chi connectivity index (χ0n) is 9.36. The van der Waals surface area contributed by atoms with Gasteiger partial charge in [-0.15, -0.1) is 0 Å². The van der Waals surface area contributed by atoms with E-state index < -0.39 is 0 Å². The van der Waals surface area contributed by atoms with E-state index in [9.17, 15) is 0 Å². The van der Waals surface area contributed by atoms with Gasteiger partial charge in [0.05, 0.1) is 6.07 Å². The fourth-order valence-electron chi connectivity index (χ4n) is 1.64. The summed E-state index contributed by atoms with van der Waals surface area (Å²) in [4.78, 5) is 2.09. The second-order valence-electron chi connectivity index (χ2n) is 3.69. The lowest BCUT2D eigenvalue weighted by Gasteiger charge is -2.26. The van der Waals surface area contributed by atoms with Gasteiger partial charge in [-0.2, -0.15) is 5.26 Å². The van der Waals surface area contributed by atoms with Crippen LogP contribution in [0.3, 0.4) is 0 Å². The van der Waals surface area contributed by atoms with Crippen molar-refractivity contribution in [3.05, 3.63) is 34.9 Å². The zero-order valence-corrected chi connectivity index (χ0v) is 10.1. The lowest BCUT2D eigenvalue weighted by molar-refractivity contribution is 0.256. The Hall–Kier alpha value is -1.08. The van der Waals surface area contributed by atoms with E-state index in [-0.39, 0.29) is 6.04 Å². The Morgan fingerprint density at radius 2 is 2.06 bits per heavy atom. The third-order valence-electron chi connectivity index (χ3n) is 2.59. The minimum atomic E-state index is 0.144. The van der Waals surface area contributed by atoms with Crippen LogP contribution in [0.15, 0.2) is 24.3 Å². The molecule has 1 aromatic rings. The highest BCUT2D eigenvalue weighted by Crippen LogP contribution is 2.20. The van der Waals surface area contributed by atoms with Gasteiger partial charge in [-0.25, -0.2) is 0 Å². The van der Waals surface area contributed by atoms with Gasteiger partial charge < -0.3 is 5.73 Å². The lowest BCUT2D eigenvalue weighted by Crippen LogP contribution is -2.31. The second kappa shape index (κ2) is 6.49. The molecule has 2 N–H and O–H groups in total. The third-order valence-corrected chi connectivity index (χ3v) is 2.84. The molecule has 0 aromatic heterocycles. The quantitative estimate of drug-likeness (QED) is 0.854. The van der Waals surface area contributed by atoms with Crippen molar-refractivity contribution in [3.63, 3.8) is 0 Å². The van der Waals surface area contributed by atoms with Crippen molar-refractivity contribution in [2.75, 3.05) is 20.1 Å². The van der Waals surface area contributed by atoms with Crippen LogP contribution in [0.25, 0.3) is 0 Å². The maximum Gasteiger partial charge on any atom is 0.0635 e. The monoisotopic (exact) mass is 237 g/mol. The Morgan fingerprint density at radius 3 is 2.56 bits per heavy atom. The molecule has 86 valence electrons. The number of nitrogens with two attached hydrogens (primary N) is 1. The van der Waals surface area contributed by atoms with Crippen molar-refractivity contribution >= 4 is 11.6 Å². The van der Waals surface area contributed by atoms with Crippen LogP contribution < -0.4 is 5.73 Å². The van der Waals surface area contributed by atoms with Crippen molar-refractivity contribution in [3.8, 4) is 6.07 Å². The van der Waals surface area contributed by atoms with Crippen molar-refractivity contribution in [1.29, 1.82) is 5.26 Å². The highest BCUT2D eigenvalue weighted by Gasteiger charge is 2.14. The summed E-state index contributed by atoms with van der Waals surface area (Å²) in [6.07, 6.45) is 0.514. The van der Waals surface area contributed by atoms with Crippen LogP contribution in [0, 0.1) is 11.3 Å². The highest BCUT2D eigenvalue weighted by atomic mass is 35.5. The second-order valence-corrected chi connectivity index (χ2v) is 4.13. The fraction of sp³-hybridized carbons (Fsp3) is 0.417. The summed E-state index contributed by atoms with van der Waals surface area (Å²) in [5.41, 5.74) is 6.89. The minimum absolute atomic E-state index is 0.144. The first-order valence-electron chi connectivity index (χ1n) is 5.21. The predicted octanol–water partition coefficient (Wildman–Crippen LogP) is 2.19. The average molecular weight is 238 g/mol. The predicted molar refractivity (Wildman–Crippen MR) is 66.1 cm³/mol. The van der Waals surface area contributed by atoms with Gasteiger partial charge in [0.15, 0.2) is 0 Å². The molecule has 1 aromatic carbocycles. The number of nitrogens with zero attached hydrogens (tertiary/aromatic N) is 2. The first-order valence-corrected chi connectivity index (χ1v) is 5.59. The normalized spacial score (nSPS) is 12.4. The Balaban J connectivity index is 2.74. The van der Waals surface area contributed by atoms with Crippen LogP contribution >= 0.6 is 11.6 Å². The maximum absolute atomic E-state index is 8.55. The highest BCUT2D eigenvalue weighted by molar-refractivity contribution is 6.30. The smallest absolute Gasteiger partial charge is 0.0635 e. The van der Waals surface area contributed by atoms with Gasteiger partial charge in [-0.1, -0.05) is 23.7 Å². The molecule has 0 spiro atoms. The summed E-state index contributed by atoms with van der Waals surface area (Å²) in [5, 5.41) is 9.27. The number of nitriles is 1. The standard InChI is InChI=1S/C12H16ClN3/c1-16(8-2-7-14)12(9-15)10-3-5-11(13)6-4-10/h3-6,12H,2,8-9,15H2,1H3. The molecule has 3 nitrogen and oxygen atoms in total. The molecule has 0 aliphatic heterocycles. The molecule has 0 aliphatic carbocycles. The number of halogens is 1. The van der Waals surface area contributed by atoms with Gasteiger partial charge in [-0.05, 0) is 24.7 Å². The van der Waals surface area contributed by atoms with Crippen molar-refractivity contribution < 1.29 is 0 Å². The van der Waals surface area contributed by atoms with Crippen LogP contribution in [0.2, 0.25) is 5.02 Å². The van der Waals surface area contributed by atoms with E-state index in [0.29, 0.717) is 13.0 Å². The summed E-state index contributed by atoms with van der Waals surface area (Å²) in [7, 11) is 1.98. The van der Waals surface area contributed by atoms with E-state index in [1.165, 1.54) is 0 Å². The Kier molecular flexibility index (Phi) is 5.27. The van der Waals surface area contributed by atoms with Crippen molar-refractivity contribution in [2.45, 2.75) is 12.5 Å². The van der Waals surface area contributed by atoms with Crippen LogP contribution in [0.5, 0.6) is 0 Å². The van der Waals surface area contributed by atoms with E-state index in [1.54, 1.807) is 0 Å². The number of hydrogen-bond acceptors (Lipinski definition) is 3. The van der Waals surface area contributed by atoms with Gasteiger partial charge in [0.25, 0.3) is 0 Å². The van der Waals surface area contributed by atoms with Crippen LogP contribution in [0.4, 0.5) is 0 Å². The largest absolute Gasteiger partial charge is 0.329 e. The molecule has 1 rings (SSSR count). The number of rotatable bonds is 5. The molecule has 0 bridgehead atoms. The molecule has 0 heterocycles. The van der Waals surface area contributed by atoms with Crippen LogP contribution in [0.1, 0.15) is 18.0 Å². The molecule has 0 saturated carbocycles. The molecule has 0 radical (unpaired) electrons. The van der Waals surface area contributed by atoms with E-state index in [2.05, 4.69) is 11.0 Å². The third kappa shape index (κ3) is 3.49. The van der Waals surface area contributed by atoms with E-state index in [1.807, 2.05) is 31.3 Å². The summed E-state index contributed by atoms with van der Waals surface area (Å²) >= 11 is 5.83. The summed E-state index contributed by atoms with van der Waals surface area (Å²) in [6.45, 7) is 1.25.